The quantitative estimate of drug-likeness (QED) is 0.567. The number of amides is 1. The largest absolute Gasteiger partial charge is 0.360 e. The molecule has 1 aliphatic carbocycles. The van der Waals surface area contributed by atoms with E-state index in [1.54, 1.807) is 11.7 Å². The van der Waals surface area contributed by atoms with Crippen LogP contribution < -0.4 is 0 Å². The highest BCUT2D eigenvalue weighted by Crippen LogP contribution is 2.43. The first-order valence-electron chi connectivity index (χ1n) is 12.9. The Morgan fingerprint density at radius 2 is 1.79 bits per heavy atom. The van der Waals surface area contributed by atoms with Gasteiger partial charge >= 0.3 is 0 Å². The summed E-state index contributed by atoms with van der Waals surface area (Å²) >= 11 is 6.57. The van der Waals surface area contributed by atoms with E-state index < -0.39 is 0 Å². The van der Waals surface area contributed by atoms with E-state index in [1.807, 2.05) is 11.0 Å². The summed E-state index contributed by atoms with van der Waals surface area (Å²) in [5.41, 5.74) is 2.35. The molecule has 0 N–H and O–H groups in total. The number of aromatic nitrogens is 3. The highest BCUT2D eigenvalue weighted by molar-refractivity contribution is 6.33. The van der Waals surface area contributed by atoms with Crippen molar-refractivity contribution in [1.82, 2.24) is 24.7 Å². The number of rotatable bonds is 5. The van der Waals surface area contributed by atoms with Crippen LogP contribution in [0.5, 0.6) is 0 Å². The summed E-state index contributed by atoms with van der Waals surface area (Å²) in [6.07, 6.45) is 8.11. The lowest BCUT2D eigenvalue weighted by atomic mass is 9.71. The number of carbonyl (C=O) groups excluding carboxylic acids is 1. The lowest BCUT2D eigenvalue weighted by Gasteiger charge is -2.47. The second kappa shape index (κ2) is 8.98. The lowest BCUT2D eigenvalue weighted by molar-refractivity contribution is 0.0283. The second-order valence-electron chi connectivity index (χ2n) is 12.0. The highest BCUT2D eigenvalue weighted by Gasteiger charge is 2.40. The van der Waals surface area contributed by atoms with E-state index in [-0.39, 0.29) is 5.91 Å². The van der Waals surface area contributed by atoms with Crippen molar-refractivity contribution in [3.63, 3.8) is 0 Å². The van der Waals surface area contributed by atoms with Crippen molar-refractivity contribution in [3.8, 4) is 11.4 Å². The molecule has 1 saturated carbocycles. The van der Waals surface area contributed by atoms with Gasteiger partial charge < -0.3 is 14.3 Å². The van der Waals surface area contributed by atoms with Crippen molar-refractivity contribution in [2.75, 3.05) is 32.7 Å². The molecule has 0 unspecified atom stereocenters. The van der Waals surface area contributed by atoms with Gasteiger partial charge in [-0.3, -0.25) is 9.48 Å². The first-order chi connectivity index (χ1) is 16.1. The molecule has 2 saturated heterocycles. The normalized spacial score (nSPS) is 21.4. The fourth-order valence-electron chi connectivity index (χ4n) is 5.42. The molecule has 186 valence electrons. The number of carbonyl (C=O) groups is 1. The third-order valence-corrected chi connectivity index (χ3v) is 8.58. The fraction of sp³-hybridized carbons (Fsp3) is 0.731. The molecule has 2 aromatic rings. The van der Waals surface area contributed by atoms with Gasteiger partial charge in [0.2, 0.25) is 0 Å². The maximum absolute atomic E-state index is 13.6. The van der Waals surface area contributed by atoms with E-state index >= 15 is 0 Å². The zero-order valence-electron chi connectivity index (χ0n) is 21.1. The number of aryl methyl sites for hydroxylation is 1. The van der Waals surface area contributed by atoms with Crippen LogP contribution in [0.1, 0.15) is 87.8 Å². The molecule has 4 heterocycles. The van der Waals surface area contributed by atoms with Crippen LogP contribution in [0.4, 0.5) is 0 Å². The number of hydrogen-bond donors (Lipinski definition) is 0. The Balaban J connectivity index is 1.23. The smallest absolute Gasteiger partial charge is 0.259 e. The van der Waals surface area contributed by atoms with Crippen molar-refractivity contribution in [2.24, 2.45) is 17.9 Å². The van der Waals surface area contributed by atoms with Crippen molar-refractivity contribution in [1.29, 1.82) is 0 Å². The van der Waals surface area contributed by atoms with Gasteiger partial charge in [0, 0.05) is 32.1 Å². The second-order valence-corrected chi connectivity index (χ2v) is 12.3. The van der Waals surface area contributed by atoms with Crippen LogP contribution in [0, 0.1) is 10.8 Å². The topological polar surface area (TPSA) is 67.4 Å². The van der Waals surface area contributed by atoms with Crippen LogP contribution in [0.2, 0.25) is 5.15 Å². The Morgan fingerprint density at radius 1 is 1.15 bits per heavy atom. The zero-order chi connectivity index (χ0) is 24.1. The Hall–Kier alpha value is -1.86. The minimum atomic E-state index is -0.0402. The molecule has 0 bridgehead atoms. The molecule has 0 aromatic carbocycles. The minimum Gasteiger partial charge on any atom is -0.360 e. The summed E-state index contributed by atoms with van der Waals surface area (Å²) in [4.78, 5) is 18.2. The third kappa shape index (κ3) is 4.92. The van der Waals surface area contributed by atoms with E-state index in [0.717, 1.165) is 44.5 Å². The van der Waals surface area contributed by atoms with Crippen molar-refractivity contribution in [3.05, 3.63) is 22.5 Å². The minimum absolute atomic E-state index is 0.0402. The maximum atomic E-state index is 13.6. The summed E-state index contributed by atoms with van der Waals surface area (Å²) in [7, 11) is 1.77. The maximum Gasteiger partial charge on any atom is 0.259 e. The Labute approximate surface area is 207 Å². The van der Waals surface area contributed by atoms with Gasteiger partial charge in [-0.2, -0.15) is 5.10 Å². The number of hydrogen-bond acceptors (Lipinski definition) is 5. The van der Waals surface area contributed by atoms with Crippen LogP contribution >= 0.6 is 11.6 Å². The first kappa shape index (κ1) is 23.9. The Morgan fingerprint density at radius 3 is 2.41 bits per heavy atom. The average molecular weight is 488 g/mol. The van der Waals surface area contributed by atoms with Gasteiger partial charge in [-0.1, -0.05) is 37.5 Å². The molecule has 0 atom stereocenters. The number of likely N-dealkylation sites (tertiary alicyclic amines) is 2. The summed E-state index contributed by atoms with van der Waals surface area (Å²) in [6.45, 7) is 12.1. The fourth-order valence-corrected chi connectivity index (χ4v) is 5.63. The lowest BCUT2D eigenvalue weighted by Crippen LogP contribution is -2.48. The molecule has 1 amide bonds. The van der Waals surface area contributed by atoms with E-state index in [2.05, 4.69) is 35.9 Å². The van der Waals surface area contributed by atoms with Crippen LogP contribution in [0.15, 0.2) is 10.6 Å². The van der Waals surface area contributed by atoms with Gasteiger partial charge in [0.15, 0.2) is 0 Å². The average Bonchev–Trinajstić information content (AvgIpc) is 3.46. The van der Waals surface area contributed by atoms with Crippen LogP contribution in [0.25, 0.3) is 11.4 Å². The predicted octanol–water partition coefficient (Wildman–Crippen LogP) is 5.36. The van der Waals surface area contributed by atoms with E-state index in [0.29, 0.717) is 38.9 Å². The molecule has 8 heteroatoms. The van der Waals surface area contributed by atoms with Gasteiger partial charge in [0.25, 0.3) is 5.91 Å². The monoisotopic (exact) mass is 487 g/mol. The number of nitrogens with zero attached hydrogens (tertiary/aromatic N) is 5. The molecular formula is C26H38ClN5O2. The van der Waals surface area contributed by atoms with E-state index in [4.69, 9.17) is 16.1 Å². The number of piperidine rings is 2. The third-order valence-electron chi connectivity index (χ3n) is 8.15. The highest BCUT2D eigenvalue weighted by atomic mass is 35.5. The van der Waals surface area contributed by atoms with Crippen molar-refractivity contribution < 1.29 is 9.32 Å². The van der Waals surface area contributed by atoms with Crippen LogP contribution in [-0.2, 0) is 7.05 Å². The van der Waals surface area contributed by atoms with Crippen molar-refractivity contribution >= 4 is 17.5 Å². The Bertz CT molecular complexity index is 1030. The molecule has 1 spiro atoms. The van der Waals surface area contributed by atoms with Gasteiger partial charge in [-0.25, -0.2) is 0 Å². The van der Waals surface area contributed by atoms with Gasteiger partial charge in [-0.05, 0) is 75.4 Å². The first-order valence-corrected chi connectivity index (χ1v) is 13.2. The molecule has 5 rings (SSSR count). The molecule has 2 aromatic heterocycles. The summed E-state index contributed by atoms with van der Waals surface area (Å²) < 4.78 is 7.08. The van der Waals surface area contributed by atoms with Gasteiger partial charge in [0.1, 0.15) is 27.9 Å². The van der Waals surface area contributed by atoms with Crippen LogP contribution in [0.3, 0.4) is 0 Å². The molecule has 0 radical (unpaired) electrons. The zero-order valence-corrected chi connectivity index (χ0v) is 21.8. The Kier molecular flexibility index (Phi) is 6.30. The molecule has 7 nitrogen and oxygen atoms in total. The number of halogens is 1. The standard InChI is InChI=1S/C26H38ClN5O2/c1-25(2,3)7-12-31-13-8-26(9-14-31)10-15-32(16-11-26)24(33)21-22(28-30(4)23(21)27)19-17-20(34-29-19)18-5-6-18/h17-18H,5-16H2,1-4H3. The summed E-state index contributed by atoms with van der Waals surface area (Å²) in [5, 5.41) is 9.10. The molecule has 34 heavy (non-hydrogen) atoms. The van der Waals surface area contributed by atoms with Crippen LogP contribution in [-0.4, -0.2) is 63.4 Å². The molecule has 2 aliphatic heterocycles. The summed E-state index contributed by atoms with van der Waals surface area (Å²) in [6, 6.07) is 1.92. The predicted molar refractivity (Wildman–Crippen MR) is 133 cm³/mol. The van der Waals surface area contributed by atoms with E-state index in [9.17, 15) is 4.79 Å². The molecule has 3 fully saturated rings. The molecular weight excluding hydrogens is 450 g/mol. The van der Waals surface area contributed by atoms with E-state index in [1.165, 1.54) is 38.9 Å². The van der Waals surface area contributed by atoms with Gasteiger partial charge in [-0.15, -0.1) is 0 Å². The molecule has 3 aliphatic rings. The summed E-state index contributed by atoms with van der Waals surface area (Å²) in [5.74, 6) is 1.29. The van der Waals surface area contributed by atoms with Gasteiger partial charge in [0.05, 0.1) is 0 Å². The van der Waals surface area contributed by atoms with Crippen molar-refractivity contribution in [2.45, 2.75) is 71.6 Å². The SMILES string of the molecule is Cn1nc(-c2cc(C3CC3)on2)c(C(=O)N2CCC3(CCN(CCC(C)(C)C)CC3)CC2)c1Cl.